The van der Waals surface area contributed by atoms with E-state index in [1.807, 2.05) is 13.8 Å². The van der Waals surface area contributed by atoms with Gasteiger partial charge in [0.1, 0.15) is 0 Å². The lowest BCUT2D eigenvalue weighted by Gasteiger charge is -2.58. The minimum absolute atomic E-state index is 0.0794. The van der Waals surface area contributed by atoms with E-state index in [1.165, 1.54) is 57.8 Å². The highest BCUT2D eigenvalue weighted by molar-refractivity contribution is 5.25. The van der Waals surface area contributed by atoms with Crippen molar-refractivity contribution in [1.29, 1.82) is 0 Å². The summed E-state index contributed by atoms with van der Waals surface area (Å²) < 4.78 is 0. The van der Waals surface area contributed by atoms with Crippen LogP contribution in [0.25, 0.3) is 0 Å². The van der Waals surface area contributed by atoms with E-state index in [-0.39, 0.29) is 6.10 Å². The number of hydrogen-bond donors (Lipinski definition) is 2. The second kappa shape index (κ2) is 12.8. The van der Waals surface area contributed by atoms with E-state index in [0.717, 1.165) is 61.4 Å². The third-order valence-corrected chi connectivity index (χ3v) is 11.3. The Balaban J connectivity index is 0.000000970. The minimum atomic E-state index is -0.0794. The summed E-state index contributed by atoms with van der Waals surface area (Å²) in [6.45, 7) is 19.1. The molecule has 0 spiro atoms. The van der Waals surface area contributed by atoms with Crippen molar-refractivity contribution in [2.75, 3.05) is 7.11 Å². The van der Waals surface area contributed by atoms with Crippen molar-refractivity contribution < 1.29 is 10.2 Å². The van der Waals surface area contributed by atoms with E-state index in [2.05, 4.69) is 47.6 Å². The van der Waals surface area contributed by atoms with Crippen LogP contribution >= 0.6 is 0 Å². The second-order valence-electron chi connectivity index (χ2n) is 12.9. The van der Waals surface area contributed by atoms with Gasteiger partial charge in [-0.25, -0.2) is 0 Å². The van der Waals surface area contributed by atoms with Crippen LogP contribution in [0.4, 0.5) is 0 Å². The van der Waals surface area contributed by atoms with Gasteiger partial charge in [0, 0.05) is 7.11 Å². The largest absolute Gasteiger partial charge is 0.400 e. The van der Waals surface area contributed by atoms with Crippen molar-refractivity contribution in [3.8, 4) is 0 Å². The number of aliphatic hydroxyl groups excluding tert-OH is 2. The molecule has 0 aliphatic heterocycles. The molecule has 8 unspecified atom stereocenters. The SMILES string of the molecule is CC.CCC(CC[C@@H](C)C1CCC2C3CC=C4CC(O)CCC4(C)C3CCC21C)C(C)C.CO. The molecule has 4 aliphatic rings. The molecule has 0 heterocycles. The predicted octanol–water partition coefficient (Wildman–Crippen LogP) is 8.66. The van der Waals surface area contributed by atoms with Gasteiger partial charge in [-0.05, 0) is 110 Å². The Morgan fingerprint density at radius 3 is 2.24 bits per heavy atom. The second-order valence-corrected chi connectivity index (χ2v) is 12.9. The maximum atomic E-state index is 10.2. The highest BCUT2D eigenvalue weighted by atomic mass is 16.3. The summed E-state index contributed by atoms with van der Waals surface area (Å²) in [5.41, 5.74) is 2.59. The summed E-state index contributed by atoms with van der Waals surface area (Å²) in [7, 11) is 1.00. The van der Waals surface area contributed by atoms with Gasteiger partial charge < -0.3 is 10.2 Å². The molecule has 0 saturated heterocycles. The zero-order valence-corrected chi connectivity index (χ0v) is 24.4. The first-order chi connectivity index (χ1) is 16.2. The first-order valence-corrected chi connectivity index (χ1v) is 15.0. The summed E-state index contributed by atoms with van der Waals surface area (Å²) >= 11 is 0. The van der Waals surface area contributed by atoms with E-state index in [0.29, 0.717) is 10.8 Å². The van der Waals surface area contributed by atoms with E-state index in [4.69, 9.17) is 5.11 Å². The van der Waals surface area contributed by atoms with Crippen molar-refractivity contribution in [2.45, 2.75) is 132 Å². The van der Waals surface area contributed by atoms with Gasteiger partial charge in [-0.1, -0.05) is 79.9 Å². The summed E-state index contributed by atoms with van der Waals surface area (Å²) in [5.74, 6) is 6.31. The molecule has 34 heavy (non-hydrogen) atoms. The molecule has 9 atom stereocenters. The van der Waals surface area contributed by atoms with Gasteiger partial charge in [0.05, 0.1) is 6.10 Å². The number of aliphatic hydroxyl groups is 2. The van der Waals surface area contributed by atoms with E-state index < -0.39 is 0 Å². The smallest absolute Gasteiger partial charge is 0.0577 e. The molecule has 3 saturated carbocycles. The van der Waals surface area contributed by atoms with Gasteiger partial charge in [0.2, 0.25) is 0 Å². The monoisotopic (exact) mass is 476 g/mol. The fourth-order valence-electron chi connectivity index (χ4n) is 9.30. The molecule has 4 aliphatic carbocycles. The summed E-state index contributed by atoms with van der Waals surface area (Å²) in [6, 6.07) is 0. The molecule has 3 fully saturated rings. The highest BCUT2D eigenvalue weighted by Crippen LogP contribution is 2.67. The molecule has 200 valence electrons. The fraction of sp³-hybridized carbons (Fsp3) is 0.938. The Morgan fingerprint density at radius 1 is 0.941 bits per heavy atom. The standard InChI is InChI=1S/C29H50O.C2H6.CH4O/c1-7-21(19(2)3)9-8-20(4)25-12-13-26-24-11-10-22-18-23(30)14-16-28(22,5)27(24)15-17-29(25,26)6;2*1-2/h10,19-21,23-27,30H,7-9,11-18H2,1-6H3;1-2H3;2H,1H3/t20-,21?,23?,24?,25?,26?,27?,28?,29?;;/m1../s1. The Hall–Kier alpha value is -0.340. The van der Waals surface area contributed by atoms with Crippen LogP contribution < -0.4 is 0 Å². The lowest BCUT2D eigenvalue weighted by Crippen LogP contribution is -2.50. The van der Waals surface area contributed by atoms with E-state index >= 15 is 0 Å². The number of fused-ring (bicyclic) bond motifs is 5. The molecular formula is C32H60O2. The van der Waals surface area contributed by atoms with E-state index in [9.17, 15) is 5.11 Å². The third-order valence-electron chi connectivity index (χ3n) is 11.3. The Morgan fingerprint density at radius 2 is 1.62 bits per heavy atom. The molecule has 4 rings (SSSR count). The molecule has 2 nitrogen and oxygen atoms in total. The summed E-state index contributed by atoms with van der Waals surface area (Å²) in [4.78, 5) is 0. The topological polar surface area (TPSA) is 40.5 Å². The number of hydrogen-bond acceptors (Lipinski definition) is 2. The summed E-state index contributed by atoms with van der Waals surface area (Å²) in [6.07, 6.45) is 17.1. The predicted molar refractivity (Wildman–Crippen MR) is 148 cm³/mol. The van der Waals surface area contributed by atoms with Crippen LogP contribution in [0.1, 0.15) is 126 Å². The Bertz CT molecular complexity index is 639. The van der Waals surface area contributed by atoms with Gasteiger partial charge in [0.15, 0.2) is 0 Å². The maximum Gasteiger partial charge on any atom is 0.0577 e. The third kappa shape index (κ3) is 5.64. The van der Waals surface area contributed by atoms with Gasteiger partial charge in [-0.15, -0.1) is 0 Å². The van der Waals surface area contributed by atoms with Crippen LogP contribution in [0.15, 0.2) is 11.6 Å². The lowest BCUT2D eigenvalue weighted by molar-refractivity contribution is -0.0575. The van der Waals surface area contributed by atoms with Crippen LogP contribution in [-0.2, 0) is 0 Å². The zero-order chi connectivity index (χ0) is 25.7. The molecule has 0 aromatic heterocycles. The first-order valence-electron chi connectivity index (χ1n) is 15.0. The Labute approximate surface area is 213 Å². The van der Waals surface area contributed by atoms with Crippen LogP contribution in [-0.4, -0.2) is 23.4 Å². The highest BCUT2D eigenvalue weighted by Gasteiger charge is 2.59. The fourth-order valence-corrected chi connectivity index (χ4v) is 9.30. The van der Waals surface area contributed by atoms with Crippen molar-refractivity contribution in [1.82, 2.24) is 0 Å². The molecule has 0 aromatic carbocycles. The Kier molecular flexibility index (Phi) is 11.2. The maximum absolute atomic E-state index is 10.2. The molecule has 0 amide bonds. The van der Waals surface area contributed by atoms with Crippen molar-refractivity contribution in [3.63, 3.8) is 0 Å². The van der Waals surface area contributed by atoms with Crippen molar-refractivity contribution in [2.24, 2.45) is 52.3 Å². The van der Waals surface area contributed by atoms with Crippen LogP contribution in [0.5, 0.6) is 0 Å². The normalized spacial score (nSPS) is 40.4. The van der Waals surface area contributed by atoms with E-state index in [1.54, 1.807) is 5.57 Å². The van der Waals surface area contributed by atoms with Crippen LogP contribution in [0, 0.1) is 52.3 Å². The molecular weight excluding hydrogens is 416 g/mol. The van der Waals surface area contributed by atoms with Gasteiger partial charge in [-0.2, -0.15) is 0 Å². The molecule has 0 radical (unpaired) electrons. The average molecular weight is 477 g/mol. The molecule has 2 N–H and O–H groups in total. The minimum Gasteiger partial charge on any atom is -0.400 e. The lowest BCUT2D eigenvalue weighted by atomic mass is 9.47. The van der Waals surface area contributed by atoms with Gasteiger partial charge in [0.25, 0.3) is 0 Å². The molecule has 0 aromatic rings. The average Bonchev–Trinajstić information content (AvgIpc) is 3.19. The zero-order valence-electron chi connectivity index (χ0n) is 24.4. The number of rotatable bonds is 6. The molecule has 2 heteroatoms. The molecule has 0 bridgehead atoms. The van der Waals surface area contributed by atoms with Crippen molar-refractivity contribution >= 4 is 0 Å². The number of allylic oxidation sites excluding steroid dienone is 1. The van der Waals surface area contributed by atoms with Gasteiger partial charge in [-0.3, -0.25) is 0 Å². The quantitative estimate of drug-likeness (QED) is 0.376. The van der Waals surface area contributed by atoms with Crippen LogP contribution in [0.3, 0.4) is 0 Å². The first kappa shape index (κ1) is 29.9. The van der Waals surface area contributed by atoms with Crippen LogP contribution in [0.2, 0.25) is 0 Å². The van der Waals surface area contributed by atoms with Crippen molar-refractivity contribution in [3.05, 3.63) is 11.6 Å². The summed E-state index contributed by atoms with van der Waals surface area (Å²) in [5, 5.41) is 17.2. The van der Waals surface area contributed by atoms with Gasteiger partial charge >= 0.3 is 0 Å².